The van der Waals surface area contributed by atoms with Gasteiger partial charge in [-0.3, -0.25) is 4.79 Å². The molecule has 1 amide bonds. The summed E-state index contributed by atoms with van der Waals surface area (Å²) in [6.45, 7) is 6.32. The molecule has 0 spiro atoms. The first-order valence-corrected chi connectivity index (χ1v) is 7.27. The van der Waals surface area contributed by atoms with E-state index < -0.39 is 0 Å². The van der Waals surface area contributed by atoms with Gasteiger partial charge in [0.1, 0.15) is 0 Å². The van der Waals surface area contributed by atoms with Crippen LogP contribution in [0.2, 0.25) is 0 Å². The number of piperidine rings is 1. The second-order valence-corrected chi connectivity index (χ2v) is 5.80. The molecule has 2 aliphatic rings. The number of rotatable bonds is 3. The first kappa shape index (κ1) is 13.8. The first-order chi connectivity index (χ1) is 8.65. The largest absolute Gasteiger partial charge is 0.378 e. The van der Waals surface area contributed by atoms with Gasteiger partial charge in [-0.25, -0.2) is 0 Å². The molecule has 2 N–H and O–H groups in total. The van der Waals surface area contributed by atoms with Gasteiger partial charge in [0.25, 0.3) is 0 Å². The molecule has 0 aliphatic carbocycles. The van der Waals surface area contributed by atoms with Crippen LogP contribution in [0.3, 0.4) is 0 Å². The summed E-state index contributed by atoms with van der Waals surface area (Å²) in [5.74, 6) is 1.07. The van der Waals surface area contributed by atoms with Crippen LogP contribution in [0.25, 0.3) is 0 Å². The van der Waals surface area contributed by atoms with Gasteiger partial charge in [-0.15, -0.1) is 0 Å². The number of ether oxygens (including phenoxy) is 1. The second-order valence-electron chi connectivity index (χ2n) is 5.80. The Morgan fingerprint density at radius 3 is 2.78 bits per heavy atom. The average Bonchev–Trinajstić information content (AvgIpc) is 2.83. The number of hydrogen-bond donors (Lipinski definition) is 1. The van der Waals surface area contributed by atoms with Gasteiger partial charge in [0.05, 0.1) is 18.6 Å². The van der Waals surface area contributed by atoms with Crippen LogP contribution in [0.5, 0.6) is 0 Å². The SMILES string of the molecule is CCC1CCN(C(=O)C2COC(C)C2)C(CN)C1. The van der Waals surface area contributed by atoms with Crippen molar-refractivity contribution in [3.8, 4) is 0 Å². The lowest BCUT2D eigenvalue weighted by atomic mass is 9.88. The highest BCUT2D eigenvalue weighted by atomic mass is 16.5. The summed E-state index contributed by atoms with van der Waals surface area (Å²) in [4.78, 5) is 14.5. The van der Waals surface area contributed by atoms with Crippen LogP contribution in [0, 0.1) is 11.8 Å². The third kappa shape index (κ3) is 2.86. The molecule has 2 heterocycles. The van der Waals surface area contributed by atoms with Gasteiger partial charge in [0.15, 0.2) is 0 Å². The molecule has 0 radical (unpaired) electrons. The van der Waals surface area contributed by atoms with Crippen molar-refractivity contribution in [1.29, 1.82) is 0 Å². The van der Waals surface area contributed by atoms with Crippen molar-refractivity contribution >= 4 is 5.91 Å². The van der Waals surface area contributed by atoms with Gasteiger partial charge >= 0.3 is 0 Å². The third-order valence-electron chi connectivity index (χ3n) is 4.50. The highest BCUT2D eigenvalue weighted by Crippen LogP contribution is 2.28. The van der Waals surface area contributed by atoms with Crippen LogP contribution in [-0.4, -0.2) is 42.6 Å². The van der Waals surface area contributed by atoms with Crippen molar-refractivity contribution in [2.45, 2.75) is 51.7 Å². The predicted molar refractivity (Wildman–Crippen MR) is 71.1 cm³/mol. The fraction of sp³-hybridized carbons (Fsp3) is 0.929. The van der Waals surface area contributed by atoms with E-state index >= 15 is 0 Å². The number of hydrogen-bond acceptors (Lipinski definition) is 3. The van der Waals surface area contributed by atoms with Gasteiger partial charge in [0.2, 0.25) is 5.91 Å². The summed E-state index contributed by atoms with van der Waals surface area (Å²) >= 11 is 0. The van der Waals surface area contributed by atoms with E-state index in [-0.39, 0.29) is 24.0 Å². The van der Waals surface area contributed by atoms with E-state index in [1.54, 1.807) is 0 Å². The number of carbonyl (C=O) groups excluding carboxylic acids is 1. The fourth-order valence-electron chi connectivity index (χ4n) is 3.24. The Hall–Kier alpha value is -0.610. The lowest BCUT2D eigenvalue weighted by molar-refractivity contribution is -0.139. The number of likely N-dealkylation sites (tertiary alicyclic amines) is 1. The van der Waals surface area contributed by atoms with Crippen molar-refractivity contribution in [3.63, 3.8) is 0 Å². The second kappa shape index (κ2) is 6.02. The van der Waals surface area contributed by atoms with Gasteiger partial charge in [-0.1, -0.05) is 13.3 Å². The zero-order chi connectivity index (χ0) is 13.1. The lowest BCUT2D eigenvalue weighted by Gasteiger charge is -2.40. The summed E-state index contributed by atoms with van der Waals surface area (Å²) in [5.41, 5.74) is 5.85. The number of nitrogens with two attached hydrogens (primary N) is 1. The van der Waals surface area contributed by atoms with Crippen LogP contribution in [0.1, 0.15) is 39.5 Å². The molecule has 2 fully saturated rings. The normalized spacial score (nSPS) is 36.9. The Balaban J connectivity index is 1.96. The van der Waals surface area contributed by atoms with Crippen LogP contribution in [0.15, 0.2) is 0 Å². The summed E-state index contributed by atoms with van der Waals surface area (Å²) in [6, 6.07) is 0.243. The van der Waals surface area contributed by atoms with E-state index in [0.29, 0.717) is 13.2 Å². The smallest absolute Gasteiger partial charge is 0.228 e. The molecule has 0 bridgehead atoms. The van der Waals surface area contributed by atoms with Crippen molar-refractivity contribution in [2.24, 2.45) is 17.6 Å². The highest BCUT2D eigenvalue weighted by molar-refractivity contribution is 5.79. The molecule has 0 aromatic carbocycles. The first-order valence-electron chi connectivity index (χ1n) is 7.27. The Morgan fingerprint density at radius 2 is 2.22 bits per heavy atom. The van der Waals surface area contributed by atoms with E-state index in [1.165, 1.54) is 6.42 Å². The van der Waals surface area contributed by atoms with Crippen LogP contribution < -0.4 is 5.73 Å². The molecule has 4 heteroatoms. The molecule has 2 rings (SSSR count). The topological polar surface area (TPSA) is 55.6 Å². The minimum absolute atomic E-state index is 0.0622. The Labute approximate surface area is 110 Å². The van der Waals surface area contributed by atoms with E-state index in [4.69, 9.17) is 10.5 Å². The Bertz CT molecular complexity index is 296. The van der Waals surface area contributed by atoms with Crippen LogP contribution >= 0.6 is 0 Å². The summed E-state index contributed by atoms with van der Waals surface area (Å²) in [6.07, 6.45) is 4.49. The standard InChI is InChI=1S/C14H26N2O2/c1-3-11-4-5-16(13(7-11)8-15)14(17)12-6-10(2)18-9-12/h10-13H,3-9,15H2,1-2H3. The molecular weight excluding hydrogens is 228 g/mol. The van der Waals surface area contributed by atoms with Crippen molar-refractivity contribution in [3.05, 3.63) is 0 Å². The van der Waals surface area contributed by atoms with Crippen molar-refractivity contribution < 1.29 is 9.53 Å². The molecular formula is C14H26N2O2. The molecule has 4 unspecified atom stereocenters. The highest BCUT2D eigenvalue weighted by Gasteiger charge is 2.36. The van der Waals surface area contributed by atoms with E-state index in [9.17, 15) is 4.79 Å². The van der Waals surface area contributed by atoms with Crippen molar-refractivity contribution in [2.75, 3.05) is 19.7 Å². The van der Waals surface area contributed by atoms with E-state index in [1.807, 2.05) is 11.8 Å². The molecule has 4 atom stereocenters. The maximum atomic E-state index is 12.5. The fourth-order valence-corrected chi connectivity index (χ4v) is 3.24. The maximum absolute atomic E-state index is 12.5. The average molecular weight is 254 g/mol. The molecule has 4 nitrogen and oxygen atoms in total. The van der Waals surface area contributed by atoms with E-state index in [0.717, 1.165) is 31.7 Å². The Morgan fingerprint density at radius 1 is 1.44 bits per heavy atom. The number of carbonyl (C=O) groups is 1. The van der Waals surface area contributed by atoms with Gasteiger partial charge in [0, 0.05) is 19.1 Å². The summed E-state index contributed by atoms with van der Waals surface area (Å²) in [7, 11) is 0. The molecule has 104 valence electrons. The number of amides is 1. The molecule has 2 aliphatic heterocycles. The quantitative estimate of drug-likeness (QED) is 0.828. The molecule has 2 saturated heterocycles. The lowest BCUT2D eigenvalue weighted by Crippen LogP contribution is -2.51. The summed E-state index contributed by atoms with van der Waals surface area (Å²) < 4.78 is 5.51. The zero-order valence-corrected chi connectivity index (χ0v) is 11.6. The van der Waals surface area contributed by atoms with Crippen molar-refractivity contribution in [1.82, 2.24) is 4.90 Å². The van der Waals surface area contributed by atoms with Crippen LogP contribution in [0.4, 0.5) is 0 Å². The summed E-state index contributed by atoms with van der Waals surface area (Å²) in [5, 5.41) is 0. The molecule has 0 aromatic rings. The van der Waals surface area contributed by atoms with Gasteiger partial charge in [-0.05, 0) is 32.1 Å². The maximum Gasteiger partial charge on any atom is 0.228 e. The zero-order valence-electron chi connectivity index (χ0n) is 11.6. The molecule has 0 saturated carbocycles. The van der Waals surface area contributed by atoms with Gasteiger partial charge < -0.3 is 15.4 Å². The van der Waals surface area contributed by atoms with E-state index in [2.05, 4.69) is 6.92 Å². The Kier molecular flexibility index (Phi) is 4.62. The molecule has 18 heavy (non-hydrogen) atoms. The minimum Gasteiger partial charge on any atom is -0.378 e. The van der Waals surface area contributed by atoms with Crippen LogP contribution in [-0.2, 0) is 9.53 Å². The predicted octanol–water partition coefficient (Wildman–Crippen LogP) is 1.39. The third-order valence-corrected chi connectivity index (χ3v) is 4.50. The minimum atomic E-state index is 0.0622. The molecule has 0 aromatic heterocycles. The number of nitrogens with zero attached hydrogens (tertiary/aromatic N) is 1. The van der Waals surface area contributed by atoms with Gasteiger partial charge in [-0.2, -0.15) is 0 Å². The monoisotopic (exact) mass is 254 g/mol.